The molecule has 0 atom stereocenters. The van der Waals surface area contributed by atoms with Gasteiger partial charge >= 0.3 is 5.97 Å². The molecule has 1 rings (SSSR count). The van der Waals surface area contributed by atoms with Gasteiger partial charge in [0.05, 0.1) is 6.61 Å². The van der Waals surface area contributed by atoms with Crippen molar-refractivity contribution in [2.75, 3.05) is 19.8 Å². The molecule has 114 valence electrons. The second kappa shape index (κ2) is 8.86. The number of carbonyl (C=O) groups is 3. The van der Waals surface area contributed by atoms with Gasteiger partial charge in [-0.1, -0.05) is 29.8 Å². The molecular formula is C15H19NO5. The third-order valence-corrected chi connectivity index (χ3v) is 2.75. The Bertz CT molecular complexity index is 495. The molecule has 2 N–H and O–H groups in total. The first-order chi connectivity index (χ1) is 9.99. The molecule has 0 fully saturated rings. The summed E-state index contributed by atoms with van der Waals surface area (Å²) in [7, 11) is 0. The zero-order chi connectivity index (χ0) is 15.7. The lowest BCUT2D eigenvalue weighted by molar-refractivity contribution is -0.142. The molecule has 1 aromatic carbocycles. The highest BCUT2D eigenvalue weighted by Crippen LogP contribution is 2.07. The minimum absolute atomic E-state index is 0.0766. The van der Waals surface area contributed by atoms with E-state index in [1.165, 1.54) is 0 Å². The number of ketones is 1. The maximum Gasteiger partial charge on any atom is 0.329 e. The Morgan fingerprint density at radius 3 is 2.43 bits per heavy atom. The third kappa shape index (κ3) is 7.22. The summed E-state index contributed by atoms with van der Waals surface area (Å²) >= 11 is 0. The van der Waals surface area contributed by atoms with Crippen molar-refractivity contribution in [3.05, 3.63) is 35.4 Å². The van der Waals surface area contributed by atoms with Gasteiger partial charge in [-0.2, -0.15) is 0 Å². The molecule has 6 nitrogen and oxygen atoms in total. The number of Topliss-reactive ketones (excluding diaryl/α,β-unsaturated/α-hetero) is 1. The Hall–Kier alpha value is -2.21. The lowest BCUT2D eigenvalue weighted by Gasteiger charge is -2.05. The Morgan fingerprint density at radius 1 is 1.14 bits per heavy atom. The zero-order valence-electron chi connectivity index (χ0n) is 11.9. The van der Waals surface area contributed by atoms with E-state index in [2.05, 4.69) is 5.32 Å². The standard InChI is InChI=1S/C15H19NO5/c1-11-2-4-12(5-3-11)13(17)6-7-14(18)16-8-9-21-10-15(19)20/h2-5H,6-10H2,1H3,(H,16,18)(H,19,20). The van der Waals surface area contributed by atoms with E-state index < -0.39 is 5.97 Å². The average Bonchev–Trinajstić information content (AvgIpc) is 2.44. The molecule has 6 heteroatoms. The monoisotopic (exact) mass is 293 g/mol. The summed E-state index contributed by atoms with van der Waals surface area (Å²) in [5.41, 5.74) is 1.67. The lowest BCUT2D eigenvalue weighted by atomic mass is 10.1. The number of rotatable bonds is 9. The van der Waals surface area contributed by atoms with Crippen LogP contribution in [0.15, 0.2) is 24.3 Å². The Balaban J connectivity index is 2.19. The van der Waals surface area contributed by atoms with Gasteiger partial charge < -0.3 is 15.2 Å². The van der Waals surface area contributed by atoms with Crippen LogP contribution in [0.2, 0.25) is 0 Å². The highest BCUT2D eigenvalue weighted by molar-refractivity contribution is 5.97. The normalized spacial score (nSPS) is 10.1. The smallest absolute Gasteiger partial charge is 0.329 e. The Kier molecular flexibility index (Phi) is 7.11. The molecule has 0 bridgehead atoms. The fraction of sp³-hybridized carbons (Fsp3) is 0.400. The van der Waals surface area contributed by atoms with E-state index in [4.69, 9.17) is 9.84 Å². The van der Waals surface area contributed by atoms with Gasteiger partial charge in [0.25, 0.3) is 0 Å². The van der Waals surface area contributed by atoms with Crippen LogP contribution in [-0.2, 0) is 14.3 Å². The molecule has 0 aliphatic heterocycles. The maximum absolute atomic E-state index is 11.8. The molecule has 0 unspecified atom stereocenters. The predicted octanol–water partition coefficient (Wildman–Crippen LogP) is 1.18. The van der Waals surface area contributed by atoms with Gasteiger partial charge in [-0.25, -0.2) is 4.79 Å². The van der Waals surface area contributed by atoms with Gasteiger partial charge in [0.1, 0.15) is 6.61 Å². The average molecular weight is 293 g/mol. The van der Waals surface area contributed by atoms with Crippen molar-refractivity contribution in [2.45, 2.75) is 19.8 Å². The van der Waals surface area contributed by atoms with Crippen molar-refractivity contribution in [3.8, 4) is 0 Å². The van der Waals surface area contributed by atoms with Gasteiger partial charge in [0, 0.05) is 24.9 Å². The van der Waals surface area contributed by atoms with Crippen LogP contribution in [0.25, 0.3) is 0 Å². The van der Waals surface area contributed by atoms with E-state index in [0.29, 0.717) is 5.56 Å². The van der Waals surface area contributed by atoms with Gasteiger partial charge in [-0.3, -0.25) is 9.59 Å². The van der Waals surface area contributed by atoms with Crippen LogP contribution in [-0.4, -0.2) is 42.5 Å². The predicted molar refractivity (Wildman–Crippen MR) is 76.2 cm³/mol. The fourth-order valence-corrected chi connectivity index (χ4v) is 1.62. The van der Waals surface area contributed by atoms with Crippen LogP contribution in [0, 0.1) is 6.92 Å². The summed E-state index contributed by atoms with van der Waals surface area (Å²) in [5.74, 6) is -1.38. The summed E-state index contributed by atoms with van der Waals surface area (Å²) in [5, 5.41) is 10.9. The molecule has 0 radical (unpaired) electrons. The van der Waals surface area contributed by atoms with Crippen molar-refractivity contribution in [1.82, 2.24) is 5.32 Å². The number of aryl methyl sites for hydroxylation is 1. The van der Waals surface area contributed by atoms with Gasteiger partial charge in [-0.15, -0.1) is 0 Å². The summed E-state index contributed by atoms with van der Waals surface area (Å²) in [4.78, 5) is 33.5. The number of carbonyl (C=O) groups excluding carboxylic acids is 2. The molecule has 0 aromatic heterocycles. The minimum atomic E-state index is -1.05. The molecule has 1 aromatic rings. The molecular weight excluding hydrogens is 274 g/mol. The Morgan fingerprint density at radius 2 is 1.81 bits per heavy atom. The number of hydrogen-bond donors (Lipinski definition) is 2. The topological polar surface area (TPSA) is 92.7 Å². The number of carboxylic acid groups (broad SMARTS) is 1. The van der Waals surface area contributed by atoms with Crippen molar-refractivity contribution < 1.29 is 24.2 Å². The van der Waals surface area contributed by atoms with E-state index in [9.17, 15) is 14.4 Å². The van der Waals surface area contributed by atoms with Gasteiger partial charge in [0.15, 0.2) is 5.78 Å². The first-order valence-corrected chi connectivity index (χ1v) is 6.65. The quantitative estimate of drug-likeness (QED) is 0.527. The highest BCUT2D eigenvalue weighted by atomic mass is 16.5. The van der Waals surface area contributed by atoms with E-state index in [1.54, 1.807) is 12.1 Å². The van der Waals surface area contributed by atoms with Crippen LogP contribution < -0.4 is 5.32 Å². The van der Waals surface area contributed by atoms with E-state index in [-0.39, 0.29) is 44.3 Å². The molecule has 21 heavy (non-hydrogen) atoms. The zero-order valence-corrected chi connectivity index (χ0v) is 11.9. The molecule has 0 saturated heterocycles. The van der Waals surface area contributed by atoms with Gasteiger partial charge in [-0.05, 0) is 6.92 Å². The molecule has 0 spiro atoms. The molecule has 0 aliphatic carbocycles. The molecule has 0 saturated carbocycles. The van der Waals surface area contributed by atoms with Crippen molar-refractivity contribution in [2.24, 2.45) is 0 Å². The SMILES string of the molecule is Cc1ccc(C(=O)CCC(=O)NCCOCC(=O)O)cc1. The molecule has 0 heterocycles. The Labute approximate surface area is 123 Å². The minimum Gasteiger partial charge on any atom is -0.480 e. The second-order valence-corrected chi connectivity index (χ2v) is 4.59. The number of nitrogens with one attached hydrogen (secondary N) is 1. The maximum atomic E-state index is 11.8. The van der Waals surface area contributed by atoms with E-state index in [1.807, 2.05) is 19.1 Å². The summed E-state index contributed by atoms with van der Waals surface area (Å²) in [6, 6.07) is 7.20. The number of hydrogen-bond acceptors (Lipinski definition) is 4. The first kappa shape index (κ1) is 16.8. The van der Waals surface area contributed by atoms with Crippen LogP contribution in [0.5, 0.6) is 0 Å². The summed E-state index contributed by atoms with van der Waals surface area (Å²) in [6.45, 7) is 1.91. The largest absolute Gasteiger partial charge is 0.480 e. The van der Waals surface area contributed by atoms with E-state index >= 15 is 0 Å². The van der Waals surface area contributed by atoms with E-state index in [0.717, 1.165) is 5.56 Å². The van der Waals surface area contributed by atoms with Crippen molar-refractivity contribution in [3.63, 3.8) is 0 Å². The van der Waals surface area contributed by atoms with Crippen LogP contribution >= 0.6 is 0 Å². The third-order valence-electron chi connectivity index (χ3n) is 2.75. The summed E-state index contributed by atoms with van der Waals surface area (Å²) < 4.78 is 4.77. The molecule has 1 amide bonds. The highest BCUT2D eigenvalue weighted by Gasteiger charge is 2.09. The van der Waals surface area contributed by atoms with Crippen LogP contribution in [0.4, 0.5) is 0 Å². The number of ether oxygens (including phenoxy) is 1. The van der Waals surface area contributed by atoms with Gasteiger partial charge in [0.2, 0.25) is 5.91 Å². The second-order valence-electron chi connectivity index (χ2n) is 4.59. The van der Waals surface area contributed by atoms with Crippen LogP contribution in [0.1, 0.15) is 28.8 Å². The number of amides is 1. The fourth-order valence-electron chi connectivity index (χ4n) is 1.62. The van der Waals surface area contributed by atoms with Crippen molar-refractivity contribution >= 4 is 17.7 Å². The number of carboxylic acids is 1. The molecule has 0 aliphatic rings. The van der Waals surface area contributed by atoms with Crippen molar-refractivity contribution in [1.29, 1.82) is 0 Å². The summed E-state index contributed by atoms with van der Waals surface area (Å²) in [6.07, 6.45) is 0.247. The number of aliphatic carboxylic acids is 1. The number of benzene rings is 1. The first-order valence-electron chi connectivity index (χ1n) is 6.65. The van der Waals surface area contributed by atoms with Crippen LogP contribution in [0.3, 0.4) is 0 Å². The lowest BCUT2D eigenvalue weighted by Crippen LogP contribution is -2.28.